The van der Waals surface area contributed by atoms with Gasteiger partial charge in [0.25, 0.3) is 0 Å². The van der Waals surface area contributed by atoms with Gasteiger partial charge < -0.3 is 10.5 Å². The first-order valence-electron chi connectivity index (χ1n) is 5.94. The molecule has 0 aliphatic heterocycles. The third-order valence-corrected chi connectivity index (χ3v) is 3.30. The smallest absolute Gasteiger partial charge is 0.320 e. The fraction of sp³-hybridized carbons (Fsp3) is 0.308. The first-order chi connectivity index (χ1) is 9.52. The summed E-state index contributed by atoms with van der Waals surface area (Å²) in [6.07, 6.45) is 2.55. The van der Waals surface area contributed by atoms with Gasteiger partial charge in [0.2, 0.25) is 0 Å². The molecule has 1 aromatic carbocycles. The summed E-state index contributed by atoms with van der Waals surface area (Å²) in [5, 5.41) is 0. The van der Waals surface area contributed by atoms with Crippen LogP contribution in [0.15, 0.2) is 29.0 Å². The maximum atomic E-state index is 12.7. The van der Waals surface area contributed by atoms with Gasteiger partial charge in [0.15, 0.2) is 5.82 Å². The van der Waals surface area contributed by atoms with Gasteiger partial charge in [-0.15, -0.1) is 0 Å². The van der Waals surface area contributed by atoms with E-state index in [1.165, 1.54) is 12.4 Å². The largest absolute Gasteiger partial charge is 0.485 e. The molecule has 0 saturated carbocycles. The lowest BCUT2D eigenvalue weighted by molar-refractivity contribution is 0.0632. The molecule has 0 aliphatic rings. The Balaban J connectivity index is 2.21. The van der Waals surface area contributed by atoms with Crippen LogP contribution in [0.4, 0.5) is 8.78 Å². The molecule has 0 radical (unpaired) electrons. The Morgan fingerprint density at radius 2 is 2.20 bits per heavy atom. The maximum Gasteiger partial charge on any atom is 0.320 e. The Labute approximate surface area is 123 Å². The molecular formula is C13H14BrF2N3O. The molecule has 1 heterocycles. The van der Waals surface area contributed by atoms with E-state index in [-0.39, 0.29) is 12.4 Å². The second kappa shape index (κ2) is 6.32. The number of hydrogen-bond donors (Lipinski definition) is 1. The van der Waals surface area contributed by atoms with Crippen LogP contribution in [0, 0.1) is 6.92 Å². The Kier molecular flexibility index (Phi) is 4.72. The molecule has 0 spiro atoms. The van der Waals surface area contributed by atoms with E-state index >= 15 is 0 Å². The molecule has 0 unspecified atom stereocenters. The van der Waals surface area contributed by atoms with E-state index in [9.17, 15) is 8.78 Å². The summed E-state index contributed by atoms with van der Waals surface area (Å²) in [5.74, 6) is 0.782. The van der Waals surface area contributed by atoms with Gasteiger partial charge >= 0.3 is 6.55 Å². The van der Waals surface area contributed by atoms with Gasteiger partial charge in [0, 0.05) is 29.0 Å². The van der Waals surface area contributed by atoms with Gasteiger partial charge in [-0.05, 0) is 24.6 Å². The molecule has 2 aromatic rings. The first-order valence-corrected chi connectivity index (χ1v) is 6.74. The van der Waals surface area contributed by atoms with Crippen molar-refractivity contribution in [2.24, 2.45) is 5.73 Å². The van der Waals surface area contributed by atoms with E-state index in [1.54, 1.807) is 0 Å². The summed E-state index contributed by atoms with van der Waals surface area (Å²) in [6.45, 7) is -0.485. The van der Waals surface area contributed by atoms with Crippen LogP contribution in [0.1, 0.15) is 23.5 Å². The standard InChI is InChI=1S/C13H14BrF2N3O/c1-8-4-10(14)5-9(6-17)12(8)20-7-11-18-2-3-19(11)13(15)16/h2-5,13H,6-7,17H2,1H3. The third kappa shape index (κ3) is 3.16. The molecule has 2 N–H and O–H groups in total. The number of ether oxygens (including phenoxy) is 1. The zero-order chi connectivity index (χ0) is 14.7. The molecule has 2 rings (SSSR count). The van der Waals surface area contributed by atoms with Crippen molar-refractivity contribution in [2.45, 2.75) is 26.6 Å². The molecule has 4 nitrogen and oxygen atoms in total. The highest BCUT2D eigenvalue weighted by Gasteiger charge is 2.14. The number of alkyl halides is 2. The SMILES string of the molecule is Cc1cc(Br)cc(CN)c1OCc1nccn1C(F)F. The predicted molar refractivity (Wildman–Crippen MR) is 74.6 cm³/mol. The van der Waals surface area contributed by atoms with E-state index in [1.807, 2.05) is 19.1 Å². The lowest BCUT2D eigenvalue weighted by Gasteiger charge is -2.14. The number of aromatic nitrogens is 2. The highest BCUT2D eigenvalue weighted by atomic mass is 79.9. The Bertz CT molecular complexity index is 601. The number of halogens is 3. The highest BCUT2D eigenvalue weighted by Crippen LogP contribution is 2.28. The number of nitrogens with zero attached hydrogens (tertiary/aromatic N) is 2. The van der Waals surface area contributed by atoms with E-state index in [0.29, 0.717) is 12.3 Å². The molecule has 20 heavy (non-hydrogen) atoms. The second-order valence-electron chi connectivity index (χ2n) is 4.23. The molecule has 0 saturated heterocycles. The third-order valence-electron chi connectivity index (χ3n) is 2.84. The van der Waals surface area contributed by atoms with Crippen molar-refractivity contribution in [1.82, 2.24) is 9.55 Å². The monoisotopic (exact) mass is 345 g/mol. The van der Waals surface area contributed by atoms with Crippen LogP contribution in [0.5, 0.6) is 5.75 Å². The van der Waals surface area contributed by atoms with Crippen molar-refractivity contribution >= 4 is 15.9 Å². The lowest BCUT2D eigenvalue weighted by atomic mass is 10.1. The van der Waals surface area contributed by atoms with E-state index in [4.69, 9.17) is 10.5 Å². The van der Waals surface area contributed by atoms with E-state index in [0.717, 1.165) is 20.2 Å². The zero-order valence-corrected chi connectivity index (χ0v) is 12.4. The fourth-order valence-electron chi connectivity index (χ4n) is 1.93. The number of aryl methyl sites for hydroxylation is 1. The van der Waals surface area contributed by atoms with Crippen LogP contribution in [-0.4, -0.2) is 9.55 Å². The average Bonchev–Trinajstić information content (AvgIpc) is 2.85. The molecule has 108 valence electrons. The van der Waals surface area contributed by atoms with Crippen LogP contribution in [0.2, 0.25) is 0 Å². The normalized spacial score (nSPS) is 11.1. The van der Waals surface area contributed by atoms with Crippen molar-refractivity contribution in [3.8, 4) is 5.75 Å². The number of rotatable bonds is 5. The Morgan fingerprint density at radius 1 is 1.45 bits per heavy atom. The summed E-state index contributed by atoms with van der Waals surface area (Å²) in [7, 11) is 0. The van der Waals surface area contributed by atoms with Gasteiger partial charge in [0.05, 0.1) is 0 Å². The number of hydrogen-bond acceptors (Lipinski definition) is 3. The van der Waals surface area contributed by atoms with Gasteiger partial charge in [-0.3, -0.25) is 4.57 Å². The van der Waals surface area contributed by atoms with E-state index < -0.39 is 6.55 Å². The Hall–Kier alpha value is -1.47. The second-order valence-corrected chi connectivity index (χ2v) is 5.15. The summed E-state index contributed by atoms with van der Waals surface area (Å²) in [6, 6.07) is 3.73. The average molecular weight is 346 g/mol. The minimum Gasteiger partial charge on any atom is -0.485 e. The van der Waals surface area contributed by atoms with Crippen LogP contribution in [-0.2, 0) is 13.2 Å². The van der Waals surface area contributed by atoms with Gasteiger partial charge in [-0.25, -0.2) is 4.98 Å². The summed E-state index contributed by atoms with van der Waals surface area (Å²) >= 11 is 3.38. The number of benzene rings is 1. The highest BCUT2D eigenvalue weighted by molar-refractivity contribution is 9.10. The molecule has 1 aromatic heterocycles. The first kappa shape index (κ1) is 14.9. The van der Waals surface area contributed by atoms with Crippen LogP contribution in [0.3, 0.4) is 0 Å². The minimum absolute atomic E-state index is 0.0349. The quantitative estimate of drug-likeness (QED) is 0.903. The van der Waals surface area contributed by atoms with Gasteiger partial charge in [0.1, 0.15) is 12.4 Å². The van der Waals surface area contributed by atoms with Crippen LogP contribution >= 0.6 is 15.9 Å². The molecule has 0 fully saturated rings. The lowest BCUT2D eigenvalue weighted by Crippen LogP contribution is -2.09. The predicted octanol–water partition coefficient (Wildman–Crippen LogP) is 3.39. The van der Waals surface area contributed by atoms with Crippen molar-refractivity contribution in [3.05, 3.63) is 46.0 Å². The van der Waals surface area contributed by atoms with Gasteiger partial charge in [-0.1, -0.05) is 15.9 Å². The molecule has 0 bridgehead atoms. The van der Waals surface area contributed by atoms with Crippen molar-refractivity contribution in [1.29, 1.82) is 0 Å². The molecule has 0 amide bonds. The summed E-state index contributed by atoms with van der Waals surface area (Å²) in [5.41, 5.74) is 7.37. The zero-order valence-electron chi connectivity index (χ0n) is 10.8. The van der Waals surface area contributed by atoms with Crippen molar-refractivity contribution in [3.63, 3.8) is 0 Å². The summed E-state index contributed by atoms with van der Waals surface area (Å²) in [4.78, 5) is 3.87. The molecule has 0 aliphatic carbocycles. The number of nitrogens with two attached hydrogens (primary N) is 1. The molecular weight excluding hydrogens is 332 g/mol. The van der Waals surface area contributed by atoms with Crippen LogP contribution in [0.25, 0.3) is 0 Å². The molecule has 7 heteroatoms. The Morgan fingerprint density at radius 3 is 2.85 bits per heavy atom. The van der Waals surface area contributed by atoms with E-state index in [2.05, 4.69) is 20.9 Å². The topological polar surface area (TPSA) is 53.1 Å². The minimum atomic E-state index is -2.63. The summed E-state index contributed by atoms with van der Waals surface area (Å²) < 4.78 is 32.7. The van der Waals surface area contributed by atoms with Crippen molar-refractivity contribution < 1.29 is 13.5 Å². The molecule has 0 atom stereocenters. The fourth-order valence-corrected chi connectivity index (χ4v) is 2.55. The van der Waals surface area contributed by atoms with Gasteiger partial charge in [-0.2, -0.15) is 8.78 Å². The van der Waals surface area contributed by atoms with Crippen LogP contribution < -0.4 is 10.5 Å². The maximum absolute atomic E-state index is 12.7. The number of imidazole rings is 1. The van der Waals surface area contributed by atoms with Crippen molar-refractivity contribution in [2.75, 3.05) is 0 Å².